The van der Waals surface area contributed by atoms with Crippen molar-refractivity contribution < 1.29 is 27.8 Å². The van der Waals surface area contributed by atoms with E-state index in [9.17, 15) is 18.0 Å². The summed E-state index contributed by atoms with van der Waals surface area (Å²) >= 11 is 5.63. The van der Waals surface area contributed by atoms with Crippen molar-refractivity contribution in [2.24, 2.45) is 0 Å². The standard InChI is InChI=1S/C11H10ClF3O3/c1-10(2,9(16)17)6-3-4-8(7(12)5-6)18-11(13,14)15/h3-5H,1-2H3,(H,16,17). The zero-order chi connectivity index (χ0) is 14.1. The summed E-state index contributed by atoms with van der Waals surface area (Å²) in [6.45, 7) is 2.84. The molecule has 0 aliphatic heterocycles. The highest BCUT2D eigenvalue weighted by atomic mass is 35.5. The normalized spacial score (nSPS) is 12.3. The first-order valence-corrected chi connectivity index (χ1v) is 5.21. The van der Waals surface area contributed by atoms with Crippen LogP contribution in [0.4, 0.5) is 13.2 Å². The monoisotopic (exact) mass is 282 g/mol. The minimum absolute atomic E-state index is 0.287. The van der Waals surface area contributed by atoms with E-state index in [1.54, 1.807) is 0 Å². The first-order chi connectivity index (χ1) is 8.04. The molecule has 0 fully saturated rings. The highest BCUT2D eigenvalue weighted by molar-refractivity contribution is 6.32. The molecule has 0 unspecified atom stereocenters. The summed E-state index contributed by atoms with van der Waals surface area (Å²) in [5.41, 5.74) is -0.963. The second-order valence-electron chi connectivity index (χ2n) is 4.12. The third kappa shape index (κ3) is 3.29. The Morgan fingerprint density at radius 2 is 1.89 bits per heavy atom. The fourth-order valence-electron chi connectivity index (χ4n) is 1.22. The first-order valence-electron chi connectivity index (χ1n) is 4.83. The van der Waals surface area contributed by atoms with Gasteiger partial charge in [0.1, 0.15) is 5.75 Å². The number of halogens is 4. The van der Waals surface area contributed by atoms with Gasteiger partial charge < -0.3 is 9.84 Å². The SMILES string of the molecule is CC(C)(C(=O)O)c1ccc(OC(F)(F)F)c(Cl)c1. The van der Waals surface area contributed by atoms with Crippen LogP contribution in [0.2, 0.25) is 5.02 Å². The molecule has 0 aliphatic carbocycles. The van der Waals surface area contributed by atoms with Gasteiger partial charge in [-0.1, -0.05) is 17.7 Å². The van der Waals surface area contributed by atoms with Crippen molar-refractivity contribution >= 4 is 17.6 Å². The molecule has 0 aliphatic rings. The molecule has 100 valence electrons. The van der Waals surface area contributed by atoms with E-state index >= 15 is 0 Å². The van der Waals surface area contributed by atoms with Crippen LogP contribution < -0.4 is 4.74 Å². The molecule has 0 spiro atoms. The summed E-state index contributed by atoms with van der Waals surface area (Å²) in [5.74, 6) is -1.67. The van der Waals surface area contributed by atoms with Gasteiger partial charge in [0.05, 0.1) is 10.4 Å². The maximum absolute atomic E-state index is 12.0. The summed E-state index contributed by atoms with van der Waals surface area (Å²) in [4.78, 5) is 11.0. The van der Waals surface area contributed by atoms with Crippen molar-refractivity contribution in [2.45, 2.75) is 25.6 Å². The molecule has 3 nitrogen and oxygen atoms in total. The lowest BCUT2D eigenvalue weighted by Gasteiger charge is -2.20. The highest BCUT2D eigenvalue weighted by Gasteiger charge is 2.33. The fourth-order valence-corrected chi connectivity index (χ4v) is 1.44. The zero-order valence-corrected chi connectivity index (χ0v) is 10.3. The molecule has 7 heteroatoms. The Morgan fingerprint density at radius 3 is 2.28 bits per heavy atom. The van der Waals surface area contributed by atoms with Gasteiger partial charge in [0.2, 0.25) is 0 Å². The largest absolute Gasteiger partial charge is 0.573 e. The van der Waals surface area contributed by atoms with Crippen molar-refractivity contribution in [1.29, 1.82) is 0 Å². The van der Waals surface area contributed by atoms with Crippen LogP contribution in [-0.2, 0) is 10.2 Å². The number of alkyl halides is 3. The Kier molecular flexibility index (Phi) is 3.81. The zero-order valence-electron chi connectivity index (χ0n) is 9.51. The van der Waals surface area contributed by atoms with E-state index in [1.165, 1.54) is 19.9 Å². The smallest absolute Gasteiger partial charge is 0.481 e. The molecule has 18 heavy (non-hydrogen) atoms. The molecule has 0 bridgehead atoms. The maximum Gasteiger partial charge on any atom is 0.573 e. The van der Waals surface area contributed by atoms with Crippen LogP contribution in [0.1, 0.15) is 19.4 Å². The van der Waals surface area contributed by atoms with Crippen molar-refractivity contribution in [3.05, 3.63) is 28.8 Å². The molecule has 0 saturated carbocycles. The van der Waals surface area contributed by atoms with Crippen LogP contribution in [0, 0.1) is 0 Å². The van der Waals surface area contributed by atoms with Gasteiger partial charge in [-0.05, 0) is 31.5 Å². The topological polar surface area (TPSA) is 46.5 Å². The Bertz CT molecular complexity index is 469. The van der Waals surface area contributed by atoms with Crippen LogP contribution in [0.25, 0.3) is 0 Å². The van der Waals surface area contributed by atoms with Gasteiger partial charge in [0.15, 0.2) is 0 Å². The van der Waals surface area contributed by atoms with Gasteiger partial charge in [-0.15, -0.1) is 13.2 Å². The van der Waals surface area contributed by atoms with E-state index in [0.29, 0.717) is 0 Å². The molecular formula is C11H10ClF3O3. The maximum atomic E-state index is 12.0. The van der Waals surface area contributed by atoms with E-state index in [4.69, 9.17) is 16.7 Å². The average Bonchev–Trinajstić information content (AvgIpc) is 2.18. The van der Waals surface area contributed by atoms with Gasteiger partial charge in [-0.25, -0.2) is 0 Å². The average molecular weight is 283 g/mol. The Labute approximate surface area is 106 Å². The van der Waals surface area contributed by atoms with E-state index < -0.39 is 23.5 Å². The number of hydrogen-bond donors (Lipinski definition) is 1. The fraction of sp³-hybridized carbons (Fsp3) is 0.364. The lowest BCUT2D eigenvalue weighted by atomic mass is 9.85. The van der Waals surface area contributed by atoms with Crippen molar-refractivity contribution in [1.82, 2.24) is 0 Å². The number of rotatable bonds is 3. The van der Waals surface area contributed by atoms with Crippen LogP contribution >= 0.6 is 11.6 Å². The molecule has 1 rings (SSSR count). The van der Waals surface area contributed by atoms with E-state index in [2.05, 4.69) is 4.74 Å². The molecule has 0 amide bonds. The second-order valence-corrected chi connectivity index (χ2v) is 4.53. The summed E-state index contributed by atoms with van der Waals surface area (Å²) in [6.07, 6.45) is -4.84. The van der Waals surface area contributed by atoms with Gasteiger partial charge in [0.25, 0.3) is 0 Å². The molecule has 1 N–H and O–H groups in total. The molecule has 1 aromatic carbocycles. The van der Waals surface area contributed by atoms with E-state index in [0.717, 1.165) is 12.1 Å². The van der Waals surface area contributed by atoms with Crippen LogP contribution in [0.3, 0.4) is 0 Å². The summed E-state index contributed by atoms with van der Waals surface area (Å²) in [6, 6.07) is 3.38. The number of ether oxygens (including phenoxy) is 1. The number of carbonyl (C=O) groups is 1. The number of benzene rings is 1. The van der Waals surface area contributed by atoms with E-state index in [1.807, 2.05) is 0 Å². The molecule has 0 heterocycles. The Hall–Kier alpha value is -1.43. The Balaban J connectivity index is 3.11. The van der Waals surface area contributed by atoms with Gasteiger partial charge >= 0.3 is 12.3 Å². The Morgan fingerprint density at radius 1 is 1.33 bits per heavy atom. The second kappa shape index (κ2) is 4.68. The minimum Gasteiger partial charge on any atom is -0.481 e. The first kappa shape index (κ1) is 14.6. The predicted molar refractivity (Wildman–Crippen MR) is 58.8 cm³/mol. The van der Waals surface area contributed by atoms with Gasteiger partial charge in [-0.2, -0.15) is 0 Å². The molecule has 0 radical (unpaired) electrons. The number of aliphatic carboxylic acids is 1. The van der Waals surface area contributed by atoms with Crippen LogP contribution in [0.5, 0.6) is 5.75 Å². The molecule has 1 aromatic rings. The third-order valence-corrected chi connectivity index (χ3v) is 2.71. The van der Waals surface area contributed by atoms with Gasteiger partial charge in [0, 0.05) is 0 Å². The molecular weight excluding hydrogens is 273 g/mol. The van der Waals surface area contributed by atoms with Crippen molar-refractivity contribution in [3.63, 3.8) is 0 Å². The number of carboxylic acid groups (broad SMARTS) is 1. The van der Waals surface area contributed by atoms with Crippen LogP contribution in [-0.4, -0.2) is 17.4 Å². The molecule has 0 atom stereocenters. The van der Waals surface area contributed by atoms with E-state index in [-0.39, 0.29) is 10.6 Å². The summed E-state index contributed by atoms with van der Waals surface area (Å²) in [7, 11) is 0. The van der Waals surface area contributed by atoms with Gasteiger partial charge in [-0.3, -0.25) is 4.79 Å². The van der Waals surface area contributed by atoms with Crippen molar-refractivity contribution in [3.8, 4) is 5.75 Å². The summed E-state index contributed by atoms with van der Waals surface area (Å²) in [5, 5.41) is 8.69. The molecule has 0 saturated heterocycles. The molecule has 0 aromatic heterocycles. The highest BCUT2D eigenvalue weighted by Crippen LogP contribution is 2.34. The lowest BCUT2D eigenvalue weighted by Crippen LogP contribution is -2.28. The lowest BCUT2D eigenvalue weighted by molar-refractivity contribution is -0.274. The number of carboxylic acids is 1. The number of hydrogen-bond acceptors (Lipinski definition) is 2. The predicted octanol–water partition coefficient (Wildman–Crippen LogP) is 3.60. The van der Waals surface area contributed by atoms with Crippen LogP contribution in [0.15, 0.2) is 18.2 Å². The third-order valence-electron chi connectivity index (χ3n) is 2.41. The summed E-state index contributed by atoms with van der Waals surface area (Å²) < 4.78 is 39.7. The van der Waals surface area contributed by atoms with Crippen molar-refractivity contribution in [2.75, 3.05) is 0 Å². The quantitative estimate of drug-likeness (QED) is 0.921. The minimum atomic E-state index is -4.84.